The van der Waals surface area contributed by atoms with Crippen LogP contribution in [0.15, 0.2) is 42.5 Å². The second-order valence-electron chi connectivity index (χ2n) is 12.3. The second-order valence-corrected chi connectivity index (χ2v) is 12.3. The summed E-state index contributed by atoms with van der Waals surface area (Å²) < 4.78 is 28.0. The Kier molecular flexibility index (Phi) is 14.1. The number of hydrogen-bond acceptors (Lipinski definition) is 5. The van der Waals surface area contributed by atoms with Gasteiger partial charge in [0.2, 0.25) is 5.91 Å². The predicted octanol–water partition coefficient (Wildman–Crippen LogP) is 5.08. The van der Waals surface area contributed by atoms with Crippen molar-refractivity contribution >= 4 is 24.0 Å². The van der Waals surface area contributed by atoms with Gasteiger partial charge in [0.05, 0.1) is 12.1 Å². The lowest BCUT2D eigenvalue weighted by Crippen LogP contribution is -2.46. The van der Waals surface area contributed by atoms with Crippen LogP contribution in [0.4, 0.5) is 8.78 Å². The summed E-state index contributed by atoms with van der Waals surface area (Å²) in [5.41, 5.74) is 0.795. The fourth-order valence-electron chi connectivity index (χ4n) is 5.93. The number of rotatable bonds is 16. The minimum Gasteiger partial charge on any atom is -0.391 e. The van der Waals surface area contributed by atoms with Crippen molar-refractivity contribution in [1.29, 1.82) is 0 Å². The summed E-state index contributed by atoms with van der Waals surface area (Å²) in [7, 11) is 0. The molecule has 2 aromatic carbocycles. The van der Waals surface area contributed by atoms with E-state index in [4.69, 9.17) is 0 Å². The molecule has 2 aromatic rings. The molecule has 246 valence electrons. The molecular weight excluding hydrogens is 580 g/mol. The van der Waals surface area contributed by atoms with Gasteiger partial charge in [-0.1, -0.05) is 26.8 Å². The van der Waals surface area contributed by atoms with Crippen molar-refractivity contribution in [2.75, 3.05) is 19.6 Å². The Bertz CT molecular complexity index is 1270. The van der Waals surface area contributed by atoms with E-state index in [1.54, 1.807) is 30.0 Å². The summed E-state index contributed by atoms with van der Waals surface area (Å²) in [6.45, 7) is 7.32. The fourth-order valence-corrected chi connectivity index (χ4v) is 5.93. The van der Waals surface area contributed by atoms with Crippen molar-refractivity contribution in [3.8, 4) is 0 Å². The minimum absolute atomic E-state index is 0.00597. The quantitative estimate of drug-likeness (QED) is 0.225. The largest absolute Gasteiger partial charge is 0.391 e. The number of aliphatic hydroxyl groups excluding tert-OH is 1. The van der Waals surface area contributed by atoms with Crippen LogP contribution in [0.3, 0.4) is 0 Å². The van der Waals surface area contributed by atoms with E-state index in [9.17, 15) is 33.1 Å². The molecule has 3 unspecified atom stereocenters. The third-order valence-corrected chi connectivity index (χ3v) is 8.50. The summed E-state index contributed by atoms with van der Waals surface area (Å²) in [5.74, 6) is -2.80. The number of nitrogens with one attached hydrogen (secondary N) is 2. The van der Waals surface area contributed by atoms with Gasteiger partial charge < -0.3 is 25.4 Å². The van der Waals surface area contributed by atoms with Crippen molar-refractivity contribution in [2.24, 2.45) is 17.8 Å². The van der Waals surface area contributed by atoms with Gasteiger partial charge in [-0.15, -0.1) is 0 Å². The van der Waals surface area contributed by atoms with Gasteiger partial charge in [-0.3, -0.25) is 14.4 Å². The van der Waals surface area contributed by atoms with Crippen LogP contribution in [0, 0.1) is 29.4 Å². The number of halogens is 2. The Labute approximate surface area is 265 Å². The number of carbonyl (C=O) groups excluding carboxylic acids is 4. The summed E-state index contributed by atoms with van der Waals surface area (Å²) in [6.07, 6.45) is 4.62. The standard InChI is InChI=1S/C35H47F2N3O5/c1-4-13-40(14-5-2)35(45)28-8-6-7-27(19-28)34(44)39-31(18-26-16-29(36)20-30(37)17-26)32(42)15-23(3)33(43)38-21-24-9-11-25(22-41)12-10-24/h6-8,16-17,19-20,22-25,31-32,42H,4-5,9-15,18,21H2,1-3H3,(H,38,43)(H,39,44). The number of amides is 3. The summed E-state index contributed by atoms with van der Waals surface area (Å²) >= 11 is 0. The van der Waals surface area contributed by atoms with Gasteiger partial charge in [0.25, 0.3) is 11.8 Å². The van der Waals surface area contributed by atoms with Crippen molar-refractivity contribution in [3.63, 3.8) is 0 Å². The van der Waals surface area contributed by atoms with E-state index < -0.39 is 35.6 Å². The lowest BCUT2D eigenvalue weighted by Gasteiger charge is -2.28. The minimum atomic E-state index is -1.22. The molecule has 45 heavy (non-hydrogen) atoms. The predicted molar refractivity (Wildman–Crippen MR) is 169 cm³/mol. The normalized spacial score (nSPS) is 18.4. The number of aldehydes is 1. The highest BCUT2D eigenvalue weighted by atomic mass is 19.1. The smallest absolute Gasteiger partial charge is 0.253 e. The molecule has 1 aliphatic rings. The van der Waals surface area contributed by atoms with Crippen LogP contribution in [0.1, 0.15) is 92.0 Å². The SMILES string of the molecule is CCCN(CCC)C(=O)c1cccc(C(=O)NC(Cc2cc(F)cc(F)c2)C(O)CC(C)C(=O)NCC2CCC(C=O)CC2)c1. The topological polar surface area (TPSA) is 116 Å². The lowest BCUT2D eigenvalue weighted by molar-refractivity contribution is -0.126. The van der Waals surface area contributed by atoms with E-state index in [0.29, 0.717) is 25.2 Å². The van der Waals surface area contributed by atoms with Gasteiger partial charge in [0.1, 0.15) is 17.9 Å². The molecule has 8 nitrogen and oxygen atoms in total. The Morgan fingerprint density at radius 3 is 2.20 bits per heavy atom. The molecule has 0 spiro atoms. The maximum absolute atomic E-state index is 14.0. The summed E-state index contributed by atoms with van der Waals surface area (Å²) in [4.78, 5) is 52.2. The number of aliphatic hydroxyl groups is 1. The maximum Gasteiger partial charge on any atom is 0.253 e. The van der Waals surface area contributed by atoms with Crippen molar-refractivity contribution in [3.05, 3.63) is 70.8 Å². The van der Waals surface area contributed by atoms with Crippen LogP contribution in [-0.4, -0.2) is 65.8 Å². The third kappa shape index (κ3) is 11.0. The van der Waals surface area contributed by atoms with Gasteiger partial charge in [-0.2, -0.15) is 0 Å². The van der Waals surface area contributed by atoms with Crippen LogP contribution < -0.4 is 10.6 Å². The first-order valence-electron chi connectivity index (χ1n) is 16.1. The van der Waals surface area contributed by atoms with E-state index in [2.05, 4.69) is 10.6 Å². The highest BCUT2D eigenvalue weighted by molar-refractivity contribution is 5.99. The molecule has 3 amide bonds. The molecule has 3 atom stereocenters. The van der Waals surface area contributed by atoms with Gasteiger partial charge in [-0.25, -0.2) is 8.78 Å². The second kappa shape index (κ2) is 17.7. The highest BCUT2D eigenvalue weighted by Crippen LogP contribution is 2.27. The van der Waals surface area contributed by atoms with Crippen molar-refractivity contribution < 1.29 is 33.1 Å². The number of nitrogens with zero attached hydrogens (tertiary/aromatic N) is 1. The van der Waals surface area contributed by atoms with Crippen LogP contribution in [0.25, 0.3) is 0 Å². The zero-order valence-electron chi connectivity index (χ0n) is 26.6. The number of carbonyl (C=O) groups is 4. The van der Waals surface area contributed by atoms with Crippen LogP contribution in [0.5, 0.6) is 0 Å². The van der Waals surface area contributed by atoms with Crippen molar-refractivity contribution in [2.45, 2.75) is 84.3 Å². The molecule has 1 fully saturated rings. The number of hydrogen-bond donors (Lipinski definition) is 3. The monoisotopic (exact) mass is 627 g/mol. The molecular formula is C35H47F2N3O5. The molecule has 10 heteroatoms. The fraction of sp³-hybridized carbons (Fsp3) is 0.543. The zero-order chi connectivity index (χ0) is 32.9. The molecule has 3 rings (SSSR count). The van der Waals surface area contributed by atoms with E-state index >= 15 is 0 Å². The highest BCUT2D eigenvalue weighted by Gasteiger charge is 2.28. The first-order chi connectivity index (χ1) is 21.5. The summed E-state index contributed by atoms with van der Waals surface area (Å²) in [5, 5.41) is 17.0. The summed E-state index contributed by atoms with van der Waals surface area (Å²) in [6, 6.07) is 8.36. The molecule has 1 saturated carbocycles. The van der Waals surface area contributed by atoms with Gasteiger partial charge in [0, 0.05) is 48.7 Å². The molecule has 0 aliphatic heterocycles. The van der Waals surface area contributed by atoms with Crippen LogP contribution >= 0.6 is 0 Å². The maximum atomic E-state index is 14.0. The molecule has 0 bridgehead atoms. The molecule has 0 radical (unpaired) electrons. The lowest BCUT2D eigenvalue weighted by atomic mass is 9.82. The van der Waals surface area contributed by atoms with Gasteiger partial charge >= 0.3 is 0 Å². The number of benzene rings is 2. The average Bonchev–Trinajstić information content (AvgIpc) is 3.02. The van der Waals surface area contributed by atoms with Gasteiger partial charge in [-0.05, 0) is 93.2 Å². The molecule has 1 aliphatic carbocycles. The van der Waals surface area contributed by atoms with Crippen LogP contribution in [0.2, 0.25) is 0 Å². The molecule has 0 saturated heterocycles. The average molecular weight is 628 g/mol. The van der Waals surface area contributed by atoms with E-state index in [0.717, 1.165) is 63.0 Å². The Morgan fingerprint density at radius 1 is 0.978 bits per heavy atom. The first-order valence-corrected chi connectivity index (χ1v) is 16.1. The Hall–Kier alpha value is -3.66. The van der Waals surface area contributed by atoms with E-state index in [1.807, 2.05) is 13.8 Å². The Balaban J connectivity index is 1.72. The molecule has 3 N–H and O–H groups in total. The molecule has 0 heterocycles. The van der Waals surface area contributed by atoms with Crippen molar-refractivity contribution in [1.82, 2.24) is 15.5 Å². The van der Waals surface area contributed by atoms with E-state index in [1.165, 1.54) is 6.07 Å². The first kappa shape index (κ1) is 35.8. The van der Waals surface area contributed by atoms with Crippen LogP contribution in [-0.2, 0) is 16.0 Å². The Morgan fingerprint density at radius 2 is 1.60 bits per heavy atom. The third-order valence-electron chi connectivity index (χ3n) is 8.50. The zero-order valence-corrected chi connectivity index (χ0v) is 26.6. The molecule has 0 aromatic heterocycles. The van der Waals surface area contributed by atoms with Gasteiger partial charge in [0.15, 0.2) is 0 Å². The van der Waals surface area contributed by atoms with E-state index in [-0.39, 0.29) is 47.6 Å².